The molecule has 0 radical (unpaired) electrons. The number of amides is 1. The molecule has 2 aliphatic heterocycles. The molecule has 0 aromatic heterocycles. The number of carbonyl (C=O) groups excluding carboxylic acids is 1. The third-order valence-electron chi connectivity index (χ3n) is 5.51. The molecule has 1 fully saturated rings. The van der Waals surface area contributed by atoms with Gasteiger partial charge in [0.2, 0.25) is 10.0 Å². The Labute approximate surface area is 171 Å². The molecular weight excluding hydrogens is 396 g/mol. The van der Waals surface area contributed by atoms with Crippen molar-refractivity contribution in [3.05, 3.63) is 58.6 Å². The smallest absolute Gasteiger partial charge is 0.258 e. The third kappa shape index (κ3) is 3.45. The third-order valence-corrected chi connectivity index (χ3v) is 7.64. The molecule has 2 heterocycles. The van der Waals surface area contributed by atoms with Gasteiger partial charge in [0.15, 0.2) is 0 Å². The monoisotopic (exact) mass is 418 g/mol. The summed E-state index contributed by atoms with van der Waals surface area (Å²) in [5.74, 6) is -0.125. The molecule has 148 valence electrons. The highest BCUT2D eigenvalue weighted by Gasteiger charge is 2.34. The second-order valence-electron chi connectivity index (χ2n) is 7.49. The molecule has 5 nitrogen and oxygen atoms in total. The molecule has 0 spiro atoms. The Morgan fingerprint density at radius 2 is 1.82 bits per heavy atom. The van der Waals surface area contributed by atoms with Gasteiger partial charge in [0, 0.05) is 35.4 Å². The number of nitrogens with zero attached hydrogens (tertiary/aromatic N) is 2. The minimum absolute atomic E-state index is 0.0468. The SMILES string of the molecule is C[C@H]1Cc2cc(S(=O)(=O)N3CCCCC3)ccc2N1C(=O)c1cccc(Cl)c1. The van der Waals surface area contributed by atoms with Crippen LogP contribution in [0, 0.1) is 0 Å². The standard InChI is InChI=1S/C21H23ClN2O3S/c1-15-12-17-14-19(28(26,27)23-10-3-2-4-11-23)8-9-20(17)24(15)21(25)16-6-5-7-18(22)13-16/h5-9,13-15H,2-4,10-12H2,1H3/t15-/m0/s1. The Hall–Kier alpha value is -1.89. The van der Waals surface area contributed by atoms with E-state index >= 15 is 0 Å². The first-order valence-corrected chi connectivity index (χ1v) is 11.4. The second-order valence-corrected chi connectivity index (χ2v) is 9.87. The van der Waals surface area contributed by atoms with E-state index in [-0.39, 0.29) is 11.9 Å². The van der Waals surface area contributed by atoms with Crippen LogP contribution in [0.15, 0.2) is 47.4 Å². The van der Waals surface area contributed by atoms with Crippen molar-refractivity contribution in [2.45, 2.75) is 43.5 Å². The van der Waals surface area contributed by atoms with E-state index in [0.717, 1.165) is 30.5 Å². The van der Waals surface area contributed by atoms with Crippen molar-refractivity contribution < 1.29 is 13.2 Å². The first-order chi connectivity index (χ1) is 13.4. The Morgan fingerprint density at radius 1 is 1.07 bits per heavy atom. The maximum Gasteiger partial charge on any atom is 0.258 e. The van der Waals surface area contributed by atoms with E-state index < -0.39 is 10.0 Å². The molecule has 4 rings (SSSR count). The summed E-state index contributed by atoms with van der Waals surface area (Å²) >= 11 is 6.03. The molecular formula is C21H23ClN2O3S. The molecule has 0 bridgehead atoms. The van der Waals surface area contributed by atoms with Gasteiger partial charge < -0.3 is 4.90 Å². The van der Waals surface area contributed by atoms with E-state index in [9.17, 15) is 13.2 Å². The fourth-order valence-corrected chi connectivity index (χ4v) is 5.85. The molecule has 0 N–H and O–H groups in total. The first-order valence-electron chi connectivity index (χ1n) is 9.60. The van der Waals surface area contributed by atoms with Crippen LogP contribution in [0.5, 0.6) is 0 Å². The van der Waals surface area contributed by atoms with Crippen LogP contribution in [0.3, 0.4) is 0 Å². The summed E-state index contributed by atoms with van der Waals surface area (Å²) in [6.45, 7) is 3.13. The van der Waals surface area contributed by atoms with Crippen LogP contribution in [0.1, 0.15) is 42.1 Å². The largest absolute Gasteiger partial charge is 0.305 e. The number of benzene rings is 2. The minimum atomic E-state index is -3.48. The molecule has 2 aliphatic rings. The average Bonchev–Trinajstić information content (AvgIpc) is 3.03. The Morgan fingerprint density at radius 3 is 2.54 bits per heavy atom. The zero-order chi connectivity index (χ0) is 19.9. The van der Waals surface area contributed by atoms with Crippen molar-refractivity contribution in [2.24, 2.45) is 0 Å². The maximum atomic E-state index is 13.0. The number of hydrogen-bond acceptors (Lipinski definition) is 3. The molecule has 1 atom stereocenters. The number of fused-ring (bicyclic) bond motifs is 1. The summed E-state index contributed by atoms with van der Waals surface area (Å²) in [5, 5.41) is 0.515. The summed E-state index contributed by atoms with van der Waals surface area (Å²) in [7, 11) is -3.48. The van der Waals surface area contributed by atoms with Crippen LogP contribution in [0.4, 0.5) is 5.69 Å². The number of rotatable bonds is 3. The lowest BCUT2D eigenvalue weighted by atomic mass is 10.1. The van der Waals surface area contributed by atoms with Crippen LogP contribution in [-0.4, -0.2) is 37.8 Å². The Kier molecular flexibility index (Phi) is 5.21. The zero-order valence-corrected chi connectivity index (χ0v) is 17.3. The summed E-state index contributed by atoms with van der Waals surface area (Å²) in [4.78, 5) is 15.1. The van der Waals surface area contributed by atoms with Crippen molar-refractivity contribution in [2.75, 3.05) is 18.0 Å². The highest BCUT2D eigenvalue weighted by Crippen LogP contribution is 2.36. The van der Waals surface area contributed by atoms with E-state index in [4.69, 9.17) is 11.6 Å². The van der Waals surface area contributed by atoms with E-state index in [2.05, 4.69) is 0 Å². The number of hydrogen-bond donors (Lipinski definition) is 0. The van der Waals surface area contributed by atoms with Gasteiger partial charge in [0.1, 0.15) is 0 Å². The fourth-order valence-electron chi connectivity index (χ4n) is 4.09. The van der Waals surface area contributed by atoms with E-state index in [1.807, 2.05) is 6.92 Å². The number of halogens is 1. The van der Waals surface area contributed by atoms with Gasteiger partial charge in [0.05, 0.1) is 4.90 Å². The molecule has 2 aromatic carbocycles. The molecule has 1 saturated heterocycles. The molecule has 0 saturated carbocycles. The summed E-state index contributed by atoms with van der Waals surface area (Å²) < 4.78 is 27.5. The van der Waals surface area contributed by atoms with E-state index in [1.54, 1.807) is 51.7 Å². The van der Waals surface area contributed by atoms with Gasteiger partial charge in [-0.05, 0) is 68.1 Å². The van der Waals surface area contributed by atoms with Gasteiger partial charge >= 0.3 is 0 Å². The fraction of sp³-hybridized carbons (Fsp3) is 0.381. The van der Waals surface area contributed by atoms with Crippen LogP contribution in [0.2, 0.25) is 5.02 Å². The number of sulfonamides is 1. The van der Waals surface area contributed by atoms with Crippen molar-refractivity contribution in [1.29, 1.82) is 0 Å². The van der Waals surface area contributed by atoms with E-state index in [0.29, 0.717) is 35.0 Å². The lowest BCUT2D eigenvalue weighted by molar-refractivity contribution is 0.0981. The highest BCUT2D eigenvalue weighted by molar-refractivity contribution is 7.89. The number of anilines is 1. The van der Waals surface area contributed by atoms with Crippen LogP contribution in [-0.2, 0) is 16.4 Å². The predicted octanol–water partition coefficient (Wildman–Crippen LogP) is 4.11. The van der Waals surface area contributed by atoms with Crippen molar-refractivity contribution in [1.82, 2.24) is 4.31 Å². The average molecular weight is 419 g/mol. The quantitative estimate of drug-likeness (QED) is 0.753. The van der Waals surface area contributed by atoms with Crippen molar-refractivity contribution in [3.8, 4) is 0 Å². The maximum absolute atomic E-state index is 13.0. The molecule has 0 aliphatic carbocycles. The van der Waals surface area contributed by atoms with Gasteiger partial charge in [-0.3, -0.25) is 4.79 Å². The van der Waals surface area contributed by atoms with Crippen LogP contribution < -0.4 is 4.90 Å². The normalized spacial score (nSPS) is 20.2. The van der Waals surface area contributed by atoms with Crippen molar-refractivity contribution in [3.63, 3.8) is 0 Å². The summed E-state index contributed by atoms with van der Waals surface area (Å²) in [6, 6.07) is 12.0. The van der Waals surface area contributed by atoms with Gasteiger partial charge in [-0.25, -0.2) is 8.42 Å². The molecule has 7 heteroatoms. The molecule has 1 amide bonds. The Bertz CT molecular complexity index is 1020. The molecule has 0 unspecified atom stereocenters. The topological polar surface area (TPSA) is 57.7 Å². The predicted molar refractivity (Wildman–Crippen MR) is 110 cm³/mol. The van der Waals surface area contributed by atoms with Gasteiger partial charge in [-0.1, -0.05) is 24.1 Å². The van der Waals surface area contributed by atoms with E-state index in [1.165, 1.54) is 0 Å². The lowest BCUT2D eigenvalue weighted by Gasteiger charge is -2.26. The van der Waals surface area contributed by atoms with Crippen molar-refractivity contribution >= 4 is 33.2 Å². The van der Waals surface area contributed by atoms with Gasteiger partial charge in [-0.2, -0.15) is 4.31 Å². The van der Waals surface area contributed by atoms with Crippen LogP contribution in [0.25, 0.3) is 0 Å². The first kappa shape index (κ1) is 19.4. The van der Waals surface area contributed by atoms with Gasteiger partial charge in [-0.15, -0.1) is 0 Å². The lowest BCUT2D eigenvalue weighted by Crippen LogP contribution is -2.36. The second kappa shape index (κ2) is 7.50. The highest BCUT2D eigenvalue weighted by atomic mass is 35.5. The van der Waals surface area contributed by atoms with Gasteiger partial charge in [0.25, 0.3) is 5.91 Å². The summed E-state index contributed by atoms with van der Waals surface area (Å²) in [5.41, 5.74) is 2.19. The molecule has 28 heavy (non-hydrogen) atoms. The number of piperidine rings is 1. The number of carbonyl (C=O) groups is 1. The van der Waals surface area contributed by atoms with Crippen LogP contribution >= 0.6 is 11.6 Å². The minimum Gasteiger partial charge on any atom is -0.305 e. The Balaban J connectivity index is 1.66. The zero-order valence-electron chi connectivity index (χ0n) is 15.8. The summed E-state index contributed by atoms with van der Waals surface area (Å²) in [6.07, 6.45) is 3.52. The molecule has 2 aromatic rings.